The zero-order valence-corrected chi connectivity index (χ0v) is 18.5. The summed E-state index contributed by atoms with van der Waals surface area (Å²) in [6.07, 6.45) is 7.85. The Kier molecular flexibility index (Phi) is 7.43. The number of carbonyl (C=O) groups is 1. The first kappa shape index (κ1) is 21.6. The number of carbonyl (C=O) groups excluding carboxylic acids is 1. The Morgan fingerprint density at radius 2 is 1.97 bits per heavy atom. The summed E-state index contributed by atoms with van der Waals surface area (Å²) in [5, 5.41) is 11.8. The van der Waals surface area contributed by atoms with Crippen LogP contribution < -0.4 is 10.1 Å². The van der Waals surface area contributed by atoms with E-state index in [1.807, 2.05) is 6.07 Å². The summed E-state index contributed by atoms with van der Waals surface area (Å²) in [5.41, 5.74) is 0.765. The molecule has 3 aromatic rings. The number of halogens is 1. The summed E-state index contributed by atoms with van der Waals surface area (Å²) in [6.45, 7) is 0.652. The zero-order chi connectivity index (χ0) is 21.5. The van der Waals surface area contributed by atoms with Crippen LogP contribution in [0.15, 0.2) is 52.2 Å². The van der Waals surface area contributed by atoms with Gasteiger partial charge in [-0.1, -0.05) is 42.6 Å². The molecule has 2 heterocycles. The second-order valence-electron chi connectivity index (χ2n) is 7.38. The maximum Gasteiger partial charge on any atom is 0.277 e. The summed E-state index contributed by atoms with van der Waals surface area (Å²) in [5.74, 6) is 1.85. The van der Waals surface area contributed by atoms with Crippen molar-refractivity contribution in [3.05, 3.63) is 47.6 Å². The van der Waals surface area contributed by atoms with Crippen LogP contribution in [0.3, 0.4) is 0 Å². The Hall–Kier alpha value is -2.58. The number of nitrogens with zero attached hydrogens (tertiary/aromatic N) is 3. The minimum absolute atomic E-state index is 0.112. The van der Waals surface area contributed by atoms with Gasteiger partial charge in [0.2, 0.25) is 11.8 Å². The molecule has 1 aliphatic rings. The molecule has 0 bridgehead atoms. The smallest absolute Gasteiger partial charge is 0.277 e. The molecule has 1 saturated carbocycles. The molecule has 31 heavy (non-hydrogen) atoms. The molecule has 1 fully saturated rings. The first-order chi connectivity index (χ1) is 15.2. The SMILES string of the molecule is O=C(CSc1nnc(-c2ccc(Cl)cc2)o1)Nc1ncccc1OCC1CCCCC1. The first-order valence-corrected chi connectivity index (χ1v) is 11.6. The van der Waals surface area contributed by atoms with Crippen molar-refractivity contribution < 1.29 is 13.9 Å². The molecule has 0 aliphatic heterocycles. The van der Waals surface area contributed by atoms with Crippen LogP contribution in [0.4, 0.5) is 5.82 Å². The zero-order valence-electron chi connectivity index (χ0n) is 16.9. The van der Waals surface area contributed by atoms with Gasteiger partial charge in [0, 0.05) is 16.8 Å². The largest absolute Gasteiger partial charge is 0.489 e. The monoisotopic (exact) mass is 458 g/mol. The lowest BCUT2D eigenvalue weighted by atomic mass is 9.90. The first-order valence-electron chi connectivity index (χ1n) is 10.3. The molecule has 0 atom stereocenters. The number of hydrogen-bond donors (Lipinski definition) is 1. The number of amides is 1. The normalized spacial score (nSPS) is 14.4. The van der Waals surface area contributed by atoms with Crippen LogP contribution in [0.25, 0.3) is 11.5 Å². The molecule has 1 amide bonds. The molecule has 0 radical (unpaired) electrons. The average Bonchev–Trinajstić information content (AvgIpc) is 3.27. The molecule has 1 N–H and O–H groups in total. The van der Waals surface area contributed by atoms with Gasteiger partial charge in [0.05, 0.1) is 12.4 Å². The molecule has 0 saturated heterocycles. The van der Waals surface area contributed by atoms with Gasteiger partial charge < -0.3 is 14.5 Å². The van der Waals surface area contributed by atoms with E-state index in [9.17, 15) is 4.79 Å². The number of aromatic nitrogens is 3. The standard InChI is InChI=1S/C22H23ClN4O3S/c23-17-10-8-16(9-11-17)21-26-27-22(30-21)31-14-19(28)25-20-18(7-4-12-24-20)29-13-15-5-2-1-3-6-15/h4,7-12,15H,1-3,5-6,13-14H2,(H,24,25,28). The Morgan fingerprint density at radius 1 is 1.16 bits per heavy atom. The van der Waals surface area contributed by atoms with E-state index in [4.69, 9.17) is 20.8 Å². The van der Waals surface area contributed by atoms with Gasteiger partial charge in [-0.2, -0.15) is 0 Å². The highest BCUT2D eigenvalue weighted by Crippen LogP contribution is 2.28. The topological polar surface area (TPSA) is 90.1 Å². The molecule has 162 valence electrons. The molecular formula is C22H23ClN4O3S. The maximum atomic E-state index is 12.4. The lowest BCUT2D eigenvalue weighted by Gasteiger charge is -2.22. The molecule has 0 spiro atoms. The van der Waals surface area contributed by atoms with E-state index in [-0.39, 0.29) is 11.7 Å². The fraction of sp³-hybridized carbons (Fsp3) is 0.364. The Balaban J connectivity index is 1.29. The van der Waals surface area contributed by atoms with Crippen LogP contribution >= 0.6 is 23.4 Å². The number of nitrogens with one attached hydrogen (secondary N) is 1. The van der Waals surface area contributed by atoms with Crippen LogP contribution in [0.2, 0.25) is 5.02 Å². The molecule has 7 nitrogen and oxygen atoms in total. The number of rotatable bonds is 8. The van der Waals surface area contributed by atoms with E-state index >= 15 is 0 Å². The highest BCUT2D eigenvalue weighted by molar-refractivity contribution is 7.99. The van der Waals surface area contributed by atoms with Crippen molar-refractivity contribution in [1.82, 2.24) is 15.2 Å². The van der Waals surface area contributed by atoms with E-state index < -0.39 is 0 Å². The van der Waals surface area contributed by atoms with Crippen LogP contribution in [0.5, 0.6) is 5.75 Å². The fourth-order valence-electron chi connectivity index (χ4n) is 3.43. The molecule has 0 unspecified atom stereocenters. The Labute approximate surface area is 189 Å². The summed E-state index contributed by atoms with van der Waals surface area (Å²) < 4.78 is 11.6. The molecule has 9 heteroatoms. The second kappa shape index (κ2) is 10.6. The van der Waals surface area contributed by atoms with Crippen molar-refractivity contribution in [3.8, 4) is 17.2 Å². The van der Waals surface area contributed by atoms with Crippen LogP contribution in [-0.4, -0.2) is 33.4 Å². The van der Waals surface area contributed by atoms with E-state index in [2.05, 4.69) is 20.5 Å². The average molecular weight is 459 g/mol. The minimum atomic E-state index is -0.225. The number of pyridine rings is 1. The number of benzene rings is 1. The van der Waals surface area contributed by atoms with Crippen LogP contribution in [-0.2, 0) is 4.79 Å². The van der Waals surface area contributed by atoms with Gasteiger partial charge in [-0.15, -0.1) is 10.2 Å². The van der Waals surface area contributed by atoms with Gasteiger partial charge in [-0.3, -0.25) is 4.79 Å². The third-order valence-electron chi connectivity index (χ3n) is 5.05. The Bertz CT molecular complexity index is 1010. The number of anilines is 1. The van der Waals surface area contributed by atoms with Gasteiger partial charge in [0.1, 0.15) is 0 Å². The summed E-state index contributed by atoms with van der Waals surface area (Å²) in [4.78, 5) is 16.7. The summed E-state index contributed by atoms with van der Waals surface area (Å²) in [6, 6.07) is 10.7. The summed E-state index contributed by atoms with van der Waals surface area (Å²) >= 11 is 7.06. The third kappa shape index (κ3) is 6.21. The molecular weight excluding hydrogens is 436 g/mol. The van der Waals surface area contributed by atoms with Crippen molar-refractivity contribution in [1.29, 1.82) is 0 Å². The maximum absolute atomic E-state index is 12.4. The Morgan fingerprint density at radius 3 is 2.77 bits per heavy atom. The highest BCUT2D eigenvalue weighted by atomic mass is 35.5. The van der Waals surface area contributed by atoms with Gasteiger partial charge in [0.15, 0.2) is 11.6 Å². The lowest BCUT2D eigenvalue weighted by molar-refractivity contribution is -0.113. The van der Waals surface area contributed by atoms with Crippen molar-refractivity contribution in [2.45, 2.75) is 37.3 Å². The molecule has 1 aliphatic carbocycles. The lowest BCUT2D eigenvalue weighted by Crippen LogP contribution is -2.18. The molecule has 2 aromatic heterocycles. The molecule has 1 aromatic carbocycles. The van der Waals surface area contributed by atoms with E-state index in [1.165, 1.54) is 32.1 Å². The fourth-order valence-corrected chi connectivity index (χ4v) is 4.12. The van der Waals surface area contributed by atoms with Gasteiger partial charge in [-0.25, -0.2) is 4.98 Å². The van der Waals surface area contributed by atoms with Gasteiger partial charge in [-0.05, 0) is 55.2 Å². The van der Waals surface area contributed by atoms with Crippen LogP contribution in [0.1, 0.15) is 32.1 Å². The van der Waals surface area contributed by atoms with E-state index in [1.54, 1.807) is 36.5 Å². The van der Waals surface area contributed by atoms with E-state index in [0.717, 1.165) is 17.3 Å². The summed E-state index contributed by atoms with van der Waals surface area (Å²) in [7, 11) is 0. The van der Waals surface area contributed by atoms with Crippen LogP contribution in [0, 0.1) is 5.92 Å². The quantitative estimate of drug-likeness (QED) is 0.447. The highest BCUT2D eigenvalue weighted by Gasteiger charge is 2.17. The number of ether oxygens (including phenoxy) is 1. The van der Waals surface area contributed by atoms with E-state index in [0.29, 0.717) is 40.2 Å². The molecule has 4 rings (SSSR count). The van der Waals surface area contributed by atoms with Gasteiger partial charge in [0.25, 0.3) is 5.22 Å². The van der Waals surface area contributed by atoms with Crippen molar-refractivity contribution >= 4 is 35.1 Å². The minimum Gasteiger partial charge on any atom is -0.489 e. The number of hydrogen-bond acceptors (Lipinski definition) is 7. The predicted molar refractivity (Wildman–Crippen MR) is 120 cm³/mol. The van der Waals surface area contributed by atoms with Crippen molar-refractivity contribution in [2.24, 2.45) is 5.92 Å². The second-order valence-corrected chi connectivity index (χ2v) is 8.75. The van der Waals surface area contributed by atoms with Gasteiger partial charge >= 0.3 is 0 Å². The number of thioether (sulfide) groups is 1. The van der Waals surface area contributed by atoms with Crippen molar-refractivity contribution in [2.75, 3.05) is 17.7 Å². The van der Waals surface area contributed by atoms with Crippen molar-refractivity contribution in [3.63, 3.8) is 0 Å². The predicted octanol–water partition coefficient (Wildman–Crippen LogP) is 5.47. The third-order valence-corrected chi connectivity index (χ3v) is 6.12.